The van der Waals surface area contributed by atoms with Crippen molar-refractivity contribution < 1.29 is 4.74 Å². The number of aryl methyl sites for hydroxylation is 2. The maximum Gasteiger partial charge on any atom is 0.135 e. The van der Waals surface area contributed by atoms with Crippen molar-refractivity contribution in [2.75, 3.05) is 0 Å². The molecule has 25 heavy (non-hydrogen) atoms. The average molecular weight is 326 g/mol. The van der Waals surface area contributed by atoms with Crippen molar-refractivity contribution in [2.24, 2.45) is 0 Å². The summed E-state index contributed by atoms with van der Waals surface area (Å²) in [6.45, 7) is 8.59. The Labute approximate surface area is 149 Å². The van der Waals surface area contributed by atoms with E-state index in [9.17, 15) is 0 Å². The molecule has 0 unspecified atom stereocenters. The van der Waals surface area contributed by atoms with Crippen molar-refractivity contribution in [1.29, 1.82) is 0 Å². The largest absolute Gasteiger partial charge is 0.482 e. The highest BCUT2D eigenvalue weighted by Crippen LogP contribution is 2.50. The first kappa shape index (κ1) is 14.8. The lowest BCUT2D eigenvalue weighted by molar-refractivity contribution is 0.161. The molecule has 124 valence electrons. The van der Waals surface area contributed by atoms with E-state index in [4.69, 9.17) is 4.74 Å². The van der Waals surface area contributed by atoms with Gasteiger partial charge in [-0.2, -0.15) is 0 Å². The molecule has 5 rings (SSSR count). The first-order chi connectivity index (χ1) is 11.9. The summed E-state index contributed by atoms with van der Waals surface area (Å²) >= 11 is 0. The van der Waals surface area contributed by atoms with Gasteiger partial charge >= 0.3 is 0 Å². The Hall–Kier alpha value is -2.54. The van der Waals surface area contributed by atoms with Crippen LogP contribution in [0.25, 0.3) is 28.0 Å². The van der Waals surface area contributed by atoms with Crippen LogP contribution in [0, 0.1) is 13.8 Å². The summed E-state index contributed by atoms with van der Waals surface area (Å²) in [4.78, 5) is 0. The van der Waals surface area contributed by atoms with Crippen LogP contribution in [0.4, 0.5) is 0 Å². The standard InChI is InChI=1S/C24H22O/c1-14-5-7-16-13-21-18-9-10-24(3,4)25-23(18)17-8-6-15(2)12-20(17)22(21)19(16)11-14/h5-12H,13H2,1-4H3. The zero-order chi connectivity index (χ0) is 17.3. The molecule has 0 saturated heterocycles. The Morgan fingerprint density at radius 2 is 1.68 bits per heavy atom. The smallest absolute Gasteiger partial charge is 0.135 e. The monoisotopic (exact) mass is 326 g/mol. The maximum atomic E-state index is 6.43. The van der Waals surface area contributed by atoms with Gasteiger partial charge in [0.1, 0.15) is 11.4 Å². The summed E-state index contributed by atoms with van der Waals surface area (Å²) in [6.07, 6.45) is 5.45. The van der Waals surface area contributed by atoms with E-state index in [1.807, 2.05) is 0 Å². The minimum atomic E-state index is -0.263. The molecule has 0 aromatic heterocycles. The number of fused-ring (bicyclic) bond motifs is 8. The van der Waals surface area contributed by atoms with Crippen LogP contribution in [-0.2, 0) is 6.42 Å². The number of benzene rings is 3. The van der Waals surface area contributed by atoms with Gasteiger partial charge < -0.3 is 4.74 Å². The molecule has 3 aromatic rings. The van der Waals surface area contributed by atoms with Crippen molar-refractivity contribution >= 4 is 16.8 Å². The number of hydrogen-bond acceptors (Lipinski definition) is 1. The molecule has 0 amide bonds. The molecule has 0 radical (unpaired) electrons. The van der Waals surface area contributed by atoms with Crippen molar-refractivity contribution in [3.63, 3.8) is 0 Å². The van der Waals surface area contributed by atoms with Crippen LogP contribution in [-0.4, -0.2) is 5.60 Å². The molecular formula is C24H22O. The van der Waals surface area contributed by atoms with Crippen LogP contribution in [0.3, 0.4) is 0 Å². The molecule has 3 aromatic carbocycles. The second-order valence-electron chi connectivity index (χ2n) is 8.02. The predicted molar refractivity (Wildman–Crippen MR) is 105 cm³/mol. The molecule has 0 N–H and O–H groups in total. The van der Waals surface area contributed by atoms with E-state index in [1.54, 1.807) is 0 Å². The molecule has 0 spiro atoms. The van der Waals surface area contributed by atoms with Crippen LogP contribution in [0.1, 0.15) is 41.7 Å². The summed E-state index contributed by atoms with van der Waals surface area (Å²) in [5.74, 6) is 1.05. The van der Waals surface area contributed by atoms with E-state index >= 15 is 0 Å². The van der Waals surface area contributed by atoms with Crippen LogP contribution >= 0.6 is 0 Å². The van der Waals surface area contributed by atoms with E-state index in [0.29, 0.717) is 0 Å². The molecule has 1 aliphatic heterocycles. The lowest BCUT2D eigenvalue weighted by atomic mass is 9.89. The van der Waals surface area contributed by atoms with Crippen LogP contribution in [0.15, 0.2) is 42.5 Å². The molecule has 0 saturated carbocycles. The SMILES string of the molecule is Cc1ccc2c(c1)-c1c(c3c(c4ccc(C)cc14)OC(C)(C)C=C3)C2. The highest BCUT2D eigenvalue weighted by atomic mass is 16.5. The van der Waals surface area contributed by atoms with Crippen LogP contribution < -0.4 is 4.74 Å². The Kier molecular flexibility index (Phi) is 2.81. The fourth-order valence-electron chi connectivity index (χ4n) is 4.27. The number of hydrogen-bond donors (Lipinski definition) is 0. The van der Waals surface area contributed by atoms with Gasteiger partial charge in [0.2, 0.25) is 0 Å². The Bertz CT molecular complexity index is 1080. The van der Waals surface area contributed by atoms with E-state index in [-0.39, 0.29) is 5.60 Å². The molecule has 0 fully saturated rings. The second-order valence-corrected chi connectivity index (χ2v) is 8.02. The molecule has 0 atom stereocenters. The molecule has 1 heteroatoms. The zero-order valence-corrected chi connectivity index (χ0v) is 15.2. The zero-order valence-electron chi connectivity index (χ0n) is 15.2. The van der Waals surface area contributed by atoms with Crippen LogP contribution in [0.5, 0.6) is 5.75 Å². The van der Waals surface area contributed by atoms with Gasteiger partial charge in [0, 0.05) is 10.9 Å². The first-order valence-corrected chi connectivity index (χ1v) is 9.00. The summed E-state index contributed by atoms with van der Waals surface area (Å²) < 4.78 is 6.43. The van der Waals surface area contributed by atoms with Gasteiger partial charge in [0.25, 0.3) is 0 Å². The molecule has 0 bridgehead atoms. The van der Waals surface area contributed by atoms with Gasteiger partial charge in [-0.05, 0) is 67.8 Å². The second kappa shape index (κ2) is 4.76. The molecule has 1 aliphatic carbocycles. The van der Waals surface area contributed by atoms with Crippen molar-refractivity contribution in [2.45, 2.75) is 39.7 Å². The maximum absolute atomic E-state index is 6.43. The minimum absolute atomic E-state index is 0.263. The highest BCUT2D eigenvalue weighted by molar-refractivity contribution is 6.07. The van der Waals surface area contributed by atoms with Gasteiger partial charge in [0.05, 0.1) is 0 Å². The van der Waals surface area contributed by atoms with Gasteiger partial charge in [0.15, 0.2) is 0 Å². The Morgan fingerprint density at radius 3 is 2.52 bits per heavy atom. The van der Waals surface area contributed by atoms with Gasteiger partial charge in [-0.15, -0.1) is 0 Å². The van der Waals surface area contributed by atoms with Crippen molar-refractivity contribution in [1.82, 2.24) is 0 Å². The van der Waals surface area contributed by atoms with E-state index in [2.05, 4.69) is 76.2 Å². The summed E-state index contributed by atoms with van der Waals surface area (Å²) in [5.41, 5.74) is 9.26. The van der Waals surface area contributed by atoms with E-state index < -0.39 is 0 Å². The van der Waals surface area contributed by atoms with E-state index in [0.717, 1.165) is 12.2 Å². The third-order valence-corrected chi connectivity index (χ3v) is 5.48. The number of rotatable bonds is 0. The third kappa shape index (κ3) is 2.08. The fraction of sp³-hybridized carbons (Fsp3) is 0.250. The minimum Gasteiger partial charge on any atom is -0.482 e. The lowest BCUT2D eigenvalue weighted by Crippen LogP contribution is -2.28. The molecular weight excluding hydrogens is 304 g/mol. The Morgan fingerprint density at radius 1 is 0.920 bits per heavy atom. The lowest BCUT2D eigenvalue weighted by Gasteiger charge is -2.30. The quantitative estimate of drug-likeness (QED) is 0.373. The Balaban J connectivity index is 1.94. The first-order valence-electron chi connectivity index (χ1n) is 9.00. The van der Waals surface area contributed by atoms with Gasteiger partial charge in [-0.3, -0.25) is 0 Å². The van der Waals surface area contributed by atoms with Crippen molar-refractivity contribution in [3.05, 3.63) is 70.3 Å². The van der Waals surface area contributed by atoms with E-state index in [1.165, 1.54) is 49.7 Å². The fourth-order valence-corrected chi connectivity index (χ4v) is 4.27. The summed E-state index contributed by atoms with van der Waals surface area (Å²) in [6, 6.07) is 13.6. The molecule has 2 aliphatic rings. The molecule has 1 nitrogen and oxygen atoms in total. The topological polar surface area (TPSA) is 9.23 Å². The van der Waals surface area contributed by atoms with Gasteiger partial charge in [-0.1, -0.05) is 53.6 Å². The normalized spacial score (nSPS) is 16.3. The van der Waals surface area contributed by atoms with Crippen LogP contribution in [0.2, 0.25) is 0 Å². The molecule has 1 heterocycles. The predicted octanol–water partition coefficient (Wildman–Crippen LogP) is 6.21. The highest BCUT2D eigenvalue weighted by Gasteiger charge is 2.31. The summed E-state index contributed by atoms with van der Waals surface area (Å²) in [5, 5.41) is 2.55. The van der Waals surface area contributed by atoms with Crippen molar-refractivity contribution in [3.8, 4) is 16.9 Å². The van der Waals surface area contributed by atoms with Gasteiger partial charge in [-0.25, -0.2) is 0 Å². The third-order valence-electron chi connectivity index (χ3n) is 5.48. The summed E-state index contributed by atoms with van der Waals surface area (Å²) in [7, 11) is 0. The number of ether oxygens (including phenoxy) is 1. The average Bonchev–Trinajstić information content (AvgIpc) is 2.92.